The summed E-state index contributed by atoms with van der Waals surface area (Å²) in [5.41, 5.74) is 5.35. The van der Waals surface area contributed by atoms with Crippen molar-refractivity contribution in [1.82, 2.24) is 4.72 Å². The summed E-state index contributed by atoms with van der Waals surface area (Å²) in [6.07, 6.45) is 8.22. The molecule has 0 atom stereocenters. The van der Waals surface area contributed by atoms with Gasteiger partial charge >= 0.3 is 0 Å². The molecular formula is C11H24N2O2S. The molecule has 0 aromatic carbocycles. The van der Waals surface area contributed by atoms with E-state index in [0.29, 0.717) is 13.0 Å². The second kappa shape index (κ2) is 7.25. The van der Waals surface area contributed by atoms with E-state index in [4.69, 9.17) is 5.73 Å². The van der Waals surface area contributed by atoms with Crippen LogP contribution in [-0.4, -0.2) is 26.8 Å². The van der Waals surface area contributed by atoms with Crippen molar-refractivity contribution >= 4 is 10.0 Å². The fourth-order valence-corrected chi connectivity index (χ4v) is 3.59. The van der Waals surface area contributed by atoms with Crippen LogP contribution in [0.4, 0.5) is 0 Å². The average Bonchev–Trinajstić information content (AvgIpc) is 2.46. The molecule has 0 aromatic rings. The molecule has 0 radical (unpaired) electrons. The van der Waals surface area contributed by atoms with Gasteiger partial charge in [0.15, 0.2) is 0 Å². The standard InChI is InChI=1S/C11H24N2O2S/c12-9-5-6-10-16(14,15)13-11-7-3-1-2-4-8-11/h11,13H,1-10,12H2. The Balaban J connectivity index is 2.32. The van der Waals surface area contributed by atoms with Crippen molar-refractivity contribution in [3.05, 3.63) is 0 Å². The molecule has 5 heteroatoms. The van der Waals surface area contributed by atoms with Crippen LogP contribution in [0.5, 0.6) is 0 Å². The summed E-state index contributed by atoms with van der Waals surface area (Å²) in [7, 11) is -3.08. The second-order valence-corrected chi connectivity index (χ2v) is 6.49. The Bertz CT molecular complexity index is 270. The highest BCUT2D eigenvalue weighted by molar-refractivity contribution is 7.89. The van der Waals surface area contributed by atoms with Gasteiger partial charge in [0, 0.05) is 6.04 Å². The van der Waals surface area contributed by atoms with E-state index in [9.17, 15) is 8.42 Å². The molecule has 16 heavy (non-hydrogen) atoms. The summed E-state index contributed by atoms with van der Waals surface area (Å²) < 4.78 is 26.3. The minimum atomic E-state index is -3.08. The number of hydrogen-bond acceptors (Lipinski definition) is 3. The van der Waals surface area contributed by atoms with Gasteiger partial charge in [0.1, 0.15) is 0 Å². The van der Waals surface area contributed by atoms with Crippen LogP contribution in [-0.2, 0) is 10.0 Å². The summed E-state index contributed by atoms with van der Waals surface area (Å²) >= 11 is 0. The number of nitrogens with two attached hydrogens (primary N) is 1. The minimum Gasteiger partial charge on any atom is -0.330 e. The monoisotopic (exact) mass is 248 g/mol. The Kier molecular flexibility index (Phi) is 6.31. The van der Waals surface area contributed by atoms with Crippen molar-refractivity contribution in [2.45, 2.75) is 57.4 Å². The first-order chi connectivity index (χ1) is 7.64. The molecule has 1 aliphatic rings. The van der Waals surface area contributed by atoms with Gasteiger partial charge in [-0.3, -0.25) is 0 Å². The molecule has 3 N–H and O–H groups in total. The number of rotatable bonds is 6. The van der Waals surface area contributed by atoms with E-state index >= 15 is 0 Å². The largest absolute Gasteiger partial charge is 0.330 e. The molecule has 0 bridgehead atoms. The molecule has 0 aromatic heterocycles. The zero-order valence-corrected chi connectivity index (χ0v) is 10.8. The average molecular weight is 248 g/mol. The van der Waals surface area contributed by atoms with Crippen LogP contribution in [0.25, 0.3) is 0 Å². The first-order valence-corrected chi connectivity index (χ1v) is 7.99. The first kappa shape index (κ1) is 13.9. The maximum atomic E-state index is 11.7. The lowest BCUT2D eigenvalue weighted by molar-refractivity contribution is 0.508. The van der Waals surface area contributed by atoms with Gasteiger partial charge in [-0.25, -0.2) is 13.1 Å². The third kappa shape index (κ3) is 5.82. The van der Waals surface area contributed by atoms with Crippen LogP contribution in [0.3, 0.4) is 0 Å². The van der Waals surface area contributed by atoms with E-state index in [1.165, 1.54) is 12.8 Å². The van der Waals surface area contributed by atoms with Gasteiger partial charge in [-0.2, -0.15) is 0 Å². The van der Waals surface area contributed by atoms with Crippen molar-refractivity contribution in [3.8, 4) is 0 Å². The van der Waals surface area contributed by atoms with Gasteiger partial charge in [-0.05, 0) is 32.2 Å². The van der Waals surface area contributed by atoms with Gasteiger partial charge in [0.05, 0.1) is 5.75 Å². The molecule has 1 fully saturated rings. The lowest BCUT2D eigenvalue weighted by Gasteiger charge is -2.16. The topological polar surface area (TPSA) is 72.2 Å². The fraction of sp³-hybridized carbons (Fsp3) is 1.00. The zero-order valence-electron chi connectivity index (χ0n) is 9.95. The van der Waals surface area contributed by atoms with E-state index < -0.39 is 10.0 Å². The smallest absolute Gasteiger partial charge is 0.211 e. The zero-order chi connectivity index (χ0) is 11.9. The lowest BCUT2D eigenvalue weighted by Crippen LogP contribution is -2.36. The second-order valence-electron chi connectivity index (χ2n) is 4.62. The van der Waals surface area contributed by atoms with Crippen molar-refractivity contribution in [3.63, 3.8) is 0 Å². The highest BCUT2D eigenvalue weighted by atomic mass is 32.2. The van der Waals surface area contributed by atoms with Gasteiger partial charge in [-0.15, -0.1) is 0 Å². The Morgan fingerprint density at radius 1 is 1.06 bits per heavy atom. The van der Waals surface area contributed by atoms with Crippen molar-refractivity contribution in [2.75, 3.05) is 12.3 Å². The molecule has 4 nitrogen and oxygen atoms in total. The van der Waals surface area contributed by atoms with Crippen LogP contribution in [0.2, 0.25) is 0 Å². The van der Waals surface area contributed by atoms with Crippen molar-refractivity contribution < 1.29 is 8.42 Å². The molecule has 1 saturated carbocycles. The highest BCUT2D eigenvalue weighted by Crippen LogP contribution is 2.17. The fourth-order valence-electron chi connectivity index (χ4n) is 2.15. The number of nitrogens with one attached hydrogen (secondary N) is 1. The summed E-state index contributed by atoms with van der Waals surface area (Å²) in [5.74, 6) is 0.223. The van der Waals surface area contributed by atoms with Crippen LogP contribution in [0.15, 0.2) is 0 Å². The van der Waals surface area contributed by atoms with Crippen LogP contribution in [0.1, 0.15) is 51.4 Å². The molecule has 0 aliphatic heterocycles. The van der Waals surface area contributed by atoms with E-state index in [1.54, 1.807) is 0 Å². The molecular weight excluding hydrogens is 224 g/mol. The lowest BCUT2D eigenvalue weighted by atomic mass is 10.1. The molecule has 1 rings (SSSR count). The van der Waals surface area contributed by atoms with Gasteiger partial charge in [0.25, 0.3) is 0 Å². The number of unbranched alkanes of at least 4 members (excludes halogenated alkanes) is 1. The summed E-state index contributed by atoms with van der Waals surface area (Å²) in [6.45, 7) is 0.568. The maximum absolute atomic E-state index is 11.7. The summed E-state index contributed by atoms with van der Waals surface area (Å²) in [6, 6.07) is 0.172. The maximum Gasteiger partial charge on any atom is 0.211 e. The van der Waals surface area contributed by atoms with E-state index in [0.717, 1.165) is 32.1 Å². The Labute approximate surface area is 99.0 Å². The quantitative estimate of drug-likeness (QED) is 0.551. The predicted octanol–water partition coefficient (Wildman–Crippen LogP) is 1.37. The van der Waals surface area contributed by atoms with E-state index in [1.807, 2.05) is 0 Å². The molecule has 0 saturated heterocycles. The summed E-state index contributed by atoms with van der Waals surface area (Å²) in [4.78, 5) is 0. The Morgan fingerprint density at radius 3 is 2.25 bits per heavy atom. The SMILES string of the molecule is NCCCCS(=O)(=O)NC1CCCCCC1. The van der Waals surface area contributed by atoms with Crippen LogP contribution in [0, 0.1) is 0 Å². The van der Waals surface area contributed by atoms with Crippen molar-refractivity contribution in [2.24, 2.45) is 5.73 Å². The molecule has 0 unspecified atom stereocenters. The molecule has 1 aliphatic carbocycles. The minimum absolute atomic E-state index is 0.172. The number of hydrogen-bond donors (Lipinski definition) is 2. The van der Waals surface area contributed by atoms with Gasteiger partial charge in [0.2, 0.25) is 10.0 Å². The van der Waals surface area contributed by atoms with E-state index in [2.05, 4.69) is 4.72 Å². The Hall–Kier alpha value is -0.130. The van der Waals surface area contributed by atoms with E-state index in [-0.39, 0.29) is 11.8 Å². The number of sulfonamides is 1. The van der Waals surface area contributed by atoms with Crippen LogP contribution >= 0.6 is 0 Å². The van der Waals surface area contributed by atoms with Crippen LogP contribution < -0.4 is 10.5 Å². The highest BCUT2D eigenvalue weighted by Gasteiger charge is 2.18. The predicted molar refractivity (Wildman–Crippen MR) is 66.7 cm³/mol. The molecule has 0 heterocycles. The third-order valence-corrected chi connectivity index (χ3v) is 4.59. The third-order valence-electron chi connectivity index (χ3n) is 3.07. The Morgan fingerprint density at radius 2 is 1.69 bits per heavy atom. The molecule has 96 valence electrons. The first-order valence-electron chi connectivity index (χ1n) is 6.34. The molecule has 0 spiro atoms. The van der Waals surface area contributed by atoms with Gasteiger partial charge in [-0.1, -0.05) is 25.7 Å². The molecule has 0 amide bonds. The summed E-state index contributed by atoms with van der Waals surface area (Å²) in [5, 5.41) is 0. The van der Waals surface area contributed by atoms with Gasteiger partial charge < -0.3 is 5.73 Å². The normalized spacial score (nSPS) is 19.6. The van der Waals surface area contributed by atoms with Crippen molar-refractivity contribution in [1.29, 1.82) is 0 Å².